The lowest BCUT2D eigenvalue weighted by Crippen LogP contribution is -2.45. The SMILES string of the molecule is CCC(C(=O)NC(C)(C)C)C(=O)OC. The van der Waals surface area contributed by atoms with Crippen LogP contribution in [0.4, 0.5) is 0 Å². The number of methoxy groups -OCH3 is 1. The molecule has 4 nitrogen and oxygen atoms in total. The Balaban J connectivity index is 4.40. The Morgan fingerprint density at radius 2 is 1.86 bits per heavy atom. The highest BCUT2D eigenvalue weighted by Crippen LogP contribution is 2.08. The van der Waals surface area contributed by atoms with Crippen LogP contribution < -0.4 is 5.32 Å². The molecule has 14 heavy (non-hydrogen) atoms. The molecule has 1 unspecified atom stereocenters. The van der Waals surface area contributed by atoms with E-state index in [-0.39, 0.29) is 11.4 Å². The third-order valence-corrected chi connectivity index (χ3v) is 1.71. The van der Waals surface area contributed by atoms with Crippen molar-refractivity contribution >= 4 is 11.9 Å². The van der Waals surface area contributed by atoms with Crippen LogP contribution in [0, 0.1) is 5.92 Å². The van der Waals surface area contributed by atoms with Crippen LogP contribution in [-0.2, 0) is 14.3 Å². The minimum atomic E-state index is -0.695. The number of ether oxygens (including phenoxy) is 1. The van der Waals surface area contributed by atoms with Crippen LogP contribution in [0.5, 0.6) is 0 Å². The summed E-state index contributed by atoms with van der Waals surface area (Å²) in [5.41, 5.74) is -0.321. The van der Waals surface area contributed by atoms with E-state index in [0.29, 0.717) is 6.42 Å². The van der Waals surface area contributed by atoms with Gasteiger partial charge in [0.15, 0.2) is 0 Å². The molecule has 1 N–H and O–H groups in total. The van der Waals surface area contributed by atoms with Gasteiger partial charge in [-0.05, 0) is 27.2 Å². The number of amides is 1. The van der Waals surface area contributed by atoms with Gasteiger partial charge < -0.3 is 10.1 Å². The first-order valence-corrected chi connectivity index (χ1v) is 4.71. The van der Waals surface area contributed by atoms with E-state index in [1.54, 1.807) is 6.92 Å². The molecule has 1 amide bonds. The second-order valence-corrected chi connectivity index (χ2v) is 4.22. The molecule has 0 bridgehead atoms. The summed E-state index contributed by atoms with van der Waals surface area (Å²) in [6, 6.07) is 0. The van der Waals surface area contributed by atoms with E-state index in [9.17, 15) is 9.59 Å². The molecular formula is C10H19NO3. The molecule has 0 radical (unpaired) electrons. The second-order valence-electron chi connectivity index (χ2n) is 4.22. The van der Waals surface area contributed by atoms with Crippen molar-refractivity contribution in [1.82, 2.24) is 5.32 Å². The van der Waals surface area contributed by atoms with Gasteiger partial charge in [0.25, 0.3) is 0 Å². The van der Waals surface area contributed by atoms with Crippen molar-refractivity contribution in [1.29, 1.82) is 0 Å². The maximum absolute atomic E-state index is 11.6. The van der Waals surface area contributed by atoms with Gasteiger partial charge in [-0.25, -0.2) is 0 Å². The van der Waals surface area contributed by atoms with Crippen LogP contribution in [0.3, 0.4) is 0 Å². The number of rotatable bonds is 3. The first kappa shape index (κ1) is 12.9. The van der Waals surface area contributed by atoms with Crippen LogP contribution in [0.1, 0.15) is 34.1 Å². The molecule has 0 saturated heterocycles. The standard InChI is InChI=1S/C10H19NO3/c1-6-7(9(13)14-5)8(12)11-10(2,3)4/h7H,6H2,1-5H3,(H,11,12). The molecule has 0 heterocycles. The Morgan fingerprint density at radius 1 is 1.36 bits per heavy atom. The number of carbonyl (C=O) groups excluding carboxylic acids is 2. The highest BCUT2D eigenvalue weighted by atomic mass is 16.5. The molecule has 0 aromatic heterocycles. The molecule has 0 aliphatic carbocycles. The van der Waals surface area contributed by atoms with Gasteiger partial charge in [-0.1, -0.05) is 6.92 Å². The van der Waals surface area contributed by atoms with Crippen LogP contribution in [0.2, 0.25) is 0 Å². The Kier molecular flexibility index (Phi) is 4.60. The number of carbonyl (C=O) groups is 2. The lowest BCUT2D eigenvalue weighted by molar-refractivity contribution is -0.150. The van der Waals surface area contributed by atoms with Gasteiger partial charge in [0.1, 0.15) is 5.92 Å². The van der Waals surface area contributed by atoms with Crippen molar-refractivity contribution in [2.24, 2.45) is 5.92 Å². The first-order chi connectivity index (χ1) is 6.31. The quantitative estimate of drug-likeness (QED) is 0.549. The summed E-state index contributed by atoms with van der Waals surface area (Å²) in [6.07, 6.45) is 0.453. The maximum atomic E-state index is 11.6. The first-order valence-electron chi connectivity index (χ1n) is 4.71. The largest absolute Gasteiger partial charge is 0.468 e. The highest BCUT2D eigenvalue weighted by Gasteiger charge is 2.28. The topological polar surface area (TPSA) is 55.4 Å². The Labute approximate surface area is 85.0 Å². The molecule has 1 atom stereocenters. The number of nitrogens with one attached hydrogen (secondary N) is 1. The summed E-state index contributed by atoms with van der Waals surface area (Å²) in [5, 5.41) is 2.75. The normalized spacial score (nSPS) is 13.2. The zero-order chi connectivity index (χ0) is 11.4. The molecule has 0 fully saturated rings. The lowest BCUT2D eigenvalue weighted by atomic mass is 10.0. The van der Waals surface area contributed by atoms with Crippen LogP contribution >= 0.6 is 0 Å². The molecule has 0 saturated carbocycles. The predicted molar refractivity (Wildman–Crippen MR) is 53.7 cm³/mol. The van der Waals surface area contributed by atoms with E-state index >= 15 is 0 Å². The van der Waals surface area contributed by atoms with Gasteiger partial charge in [-0.3, -0.25) is 9.59 Å². The van der Waals surface area contributed by atoms with Crippen molar-refractivity contribution in [3.63, 3.8) is 0 Å². The van der Waals surface area contributed by atoms with Crippen molar-refractivity contribution in [3.05, 3.63) is 0 Å². The summed E-state index contributed by atoms with van der Waals surface area (Å²) in [5.74, 6) is -1.44. The third kappa shape index (κ3) is 4.25. The summed E-state index contributed by atoms with van der Waals surface area (Å²) >= 11 is 0. The van der Waals surface area contributed by atoms with Gasteiger partial charge in [-0.2, -0.15) is 0 Å². The van der Waals surface area contributed by atoms with Crippen LogP contribution in [-0.4, -0.2) is 24.5 Å². The molecule has 0 aromatic rings. The zero-order valence-corrected chi connectivity index (χ0v) is 9.51. The fourth-order valence-electron chi connectivity index (χ4n) is 1.06. The summed E-state index contributed by atoms with van der Waals surface area (Å²) in [7, 11) is 1.29. The Hall–Kier alpha value is -1.06. The molecule has 0 spiro atoms. The molecule has 82 valence electrons. The van der Waals surface area contributed by atoms with Crippen molar-refractivity contribution < 1.29 is 14.3 Å². The van der Waals surface area contributed by atoms with Crippen LogP contribution in [0.25, 0.3) is 0 Å². The average Bonchev–Trinajstić information content (AvgIpc) is 2.01. The van der Waals surface area contributed by atoms with E-state index in [4.69, 9.17) is 0 Å². The van der Waals surface area contributed by atoms with E-state index in [2.05, 4.69) is 10.1 Å². The molecule has 0 aliphatic rings. The van der Waals surface area contributed by atoms with Gasteiger partial charge in [0.05, 0.1) is 7.11 Å². The van der Waals surface area contributed by atoms with Gasteiger partial charge >= 0.3 is 5.97 Å². The molecule has 0 aromatic carbocycles. The zero-order valence-electron chi connectivity index (χ0n) is 9.51. The van der Waals surface area contributed by atoms with E-state index < -0.39 is 11.9 Å². The van der Waals surface area contributed by atoms with E-state index in [0.717, 1.165) is 0 Å². The smallest absolute Gasteiger partial charge is 0.318 e. The number of esters is 1. The minimum absolute atomic E-state index is 0.271. The average molecular weight is 201 g/mol. The fraction of sp³-hybridized carbons (Fsp3) is 0.800. The Bertz CT molecular complexity index is 218. The summed E-state index contributed by atoms with van der Waals surface area (Å²) < 4.78 is 4.54. The van der Waals surface area contributed by atoms with Crippen LogP contribution in [0.15, 0.2) is 0 Å². The maximum Gasteiger partial charge on any atom is 0.318 e. The second kappa shape index (κ2) is 4.98. The minimum Gasteiger partial charge on any atom is -0.468 e. The van der Waals surface area contributed by atoms with E-state index in [1.165, 1.54) is 7.11 Å². The Morgan fingerprint density at radius 3 is 2.14 bits per heavy atom. The van der Waals surface area contributed by atoms with Crippen molar-refractivity contribution in [2.45, 2.75) is 39.7 Å². The predicted octanol–water partition coefficient (Wildman–Crippen LogP) is 1.10. The van der Waals surface area contributed by atoms with Gasteiger partial charge in [0.2, 0.25) is 5.91 Å². The summed E-state index contributed by atoms with van der Waals surface area (Å²) in [6.45, 7) is 7.39. The fourth-order valence-corrected chi connectivity index (χ4v) is 1.06. The third-order valence-electron chi connectivity index (χ3n) is 1.71. The monoisotopic (exact) mass is 201 g/mol. The molecule has 4 heteroatoms. The molecule has 0 rings (SSSR count). The van der Waals surface area contributed by atoms with Gasteiger partial charge in [0, 0.05) is 5.54 Å². The number of hydrogen-bond donors (Lipinski definition) is 1. The number of hydrogen-bond acceptors (Lipinski definition) is 3. The molecular weight excluding hydrogens is 182 g/mol. The highest BCUT2D eigenvalue weighted by molar-refractivity contribution is 5.97. The molecule has 0 aliphatic heterocycles. The lowest BCUT2D eigenvalue weighted by Gasteiger charge is -2.23. The van der Waals surface area contributed by atoms with Crippen molar-refractivity contribution in [3.8, 4) is 0 Å². The van der Waals surface area contributed by atoms with Gasteiger partial charge in [-0.15, -0.1) is 0 Å². The van der Waals surface area contributed by atoms with Crippen molar-refractivity contribution in [2.75, 3.05) is 7.11 Å². The summed E-state index contributed by atoms with van der Waals surface area (Å²) in [4.78, 5) is 22.8. The van der Waals surface area contributed by atoms with E-state index in [1.807, 2.05) is 20.8 Å².